The van der Waals surface area contributed by atoms with Gasteiger partial charge in [0.15, 0.2) is 11.5 Å². The van der Waals surface area contributed by atoms with Crippen LogP contribution >= 0.6 is 0 Å². The molecule has 0 spiro atoms. The van der Waals surface area contributed by atoms with Crippen molar-refractivity contribution in [1.29, 1.82) is 0 Å². The first-order chi connectivity index (χ1) is 17.7. The second-order valence-corrected chi connectivity index (χ2v) is 9.17. The Bertz CT molecular complexity index is 1160. The monoisotopic (exact) mass is 522 g/mol. The highest BCUT2D eigenvalue weighted by Gasteiger charge is 2.38. The number of methoxy groups -OCH3 is 1. The summed E-state index contributed by atoms with van der Waals surface area (Å²) in [5, 5.41) is 10.7. The molecule has 0 amide bonds. The lowest BCUT2D eigenvalue weighted by molar-refractivity contribution is -0.147. The molecular weight excluding hydrogens is 489 g/mol. The first-order valence-electron chi connectivity index (χ1n) is 12.2. The lowest BCUT2D eigenvalue weighted by Gasteiger charge is -2.26. The number of fused-ring (bicyclic) bond motifs is 1. The summed E-state index contributed by atoms with van der Waals surface area (Å²) in [5.74, 6) is 0.242. The van der Waals surface area contributed by atoms with Crippen molar-refractivity contribution in [3.8, 4) is 11.5 Å². The van der Waals surface area contributed by atoms with Crippen molar-refractivity contribution in [2.45, 2.75) is 25.4 Å². The highest BCUT2D eigenvalue weighted by molar-refractivity contribution is 5.76. The van der Waals surface area contributed by atoms with Crippen LogP contribution in [0, 0.1) is 0 Å². The van der Waals surface area contributed by atoms with E-state index in [1.807, 2.05) is 23.1 Å². The van der Waals surface area contributed by atoms with E-state index in [2.05, 4.69) is 9.88 Å². The van der Waals surface area contributed by atoms with E-state index in [1.54, 1.807) is 32.4 Å². The average molecular weight is 523 g/mol. The first-order valence-corrected chi connectivity index (χ1v) is 12.2. The minimum absolute atomic E-state index is 0.171. The van der Waals surface area contributed by atoms with E-state index in [0.29, 0.717) is 30.2 Å². The fourth-order valence-electron chi connectivity index (χ4n) is 4.52. The average Bonchev–Trinajstić information content (AvgIpc) is 3.24. The van der Waals surface area contributed by atoms with Gasteiger partial charge in [0.2, 0.25) is 5.82 Å². The number of hydrogen-bond acceptors (Lipinski definition) is 7. The van der Waals surface area contributed by atoms with Gasteiger partial charge in [-0.1, -0.05) is 18.2 Å². The quantitative estimate of drug-likeness (QED) is 0.415. The summed E-state index contributed by atoms with van der Waals surface area (Å²) < 4.78 is 58.5. The molecule has 4 rings (SSSR count). The number of aliphatic hydroxyl groups excluding tert-OH is 1. The van der Waals surface area contributed by atoms with Crippen LogP contribution in [-0.4, -0.2) is 90.7 Å². The molecule has 1 N–H and O–H groups in total. The third kappa shape index (κ3) is 7.13. The van der Waals surface area contributed by atoms with Gasteiger partial charge in [-0.05, 0) is 36.9 Å². The molecule has 8 nitrogen and oxygen atoms in total. The molecule has 2 heterocycles. The number of ether oxygens (including phenoxy) is 3. The number of hydrogen-bond donors (Lipinski definition) is 1. The Balaban J connectivity index is 1.34. The van der Waals surface area contributed by atoms with Crippen LogP contribution in [0.4, 0.5) is 13.2 Å². The van der Waals surface area contributed by atoms with Gasteiger partial charge < -0.3 is 23.9 Å². The number of para-hydroxylation sites is 2. The summed E-state index contributed by atoms with van der Waals surface area (Å²) in [6.07, 6.45) is -5.65. The molecule has 0 unspecified atom stereocenters. The molecule has 1 aliphatic heterocycles. The summed E-state index contributed by atoms with van der Waals surface area (Å²) >= 11 is 0. The van der Waals surface area contributed by atoms with Crippen molar-refractivity contribution in [2.24, 2.45) is 0 Å². The molecule has 1 aliphatic rings. The summed E-state index contributed by atoms with van der Waals surface area (Å²) in [7, 11) is 3.38. The Kier molecular flexibility index (Phi) is 8.91. The molecule has 1 saturated heterocycles. The molecule has 2 aromatic carbocycles. The van der Waals surface area contributed by atoms with E-state index in [4.69, 9.17) is 14.2 Å². The number of nitrogens with zero attached hydrogens (tertiary/aromatic N) is 4. The van der Waals surface area contributed by atoms with Crippen LogP contribution in [-0.2, 0) is 24.0 Å². The normalized spacial score (nSPS) is 15.9. The number of aromatic nitrogens is 2. The van der Waals surface area contributed by atoms with E-state index >= 15 is 0 Å². The van der Waals surface area contributed by atoms with Crippen molar-refractivity contribution >= 4 is 11.0 Å². The van der Waals surface area contributed by atoms with Crippen molar-refractivity contribution in [3.05, 3.63) is 53.9 Å². The van der Waals surface area contributed by atoms with E-state index in [-0.39, 0.29) is 18.6 Å². The Hall–Kier alpha value is -2.86. The molecule has 1 atom stereocenters. The highest BCUT2D eigenvalue weighted by atomic mass is 19.4. The number of rotatable bonds is 11. The van der Waals surface area contributed by atoms with Crippen molar-refractivity contribution in [3.63, 3.8) is 0 Å². The van der Waals surface area contributed by atoms with Crippen molar-refractivity contribution in [1.82, 2.24) is 19.4 Å². The van der Waals surface area contributed by atoms with Gasteiger partial charge in [0.05, 0.1) is 44.0 Å². The minimum Gasteiger partial charge on any atom is -0.493 e. The molecule has 0 bridgehead atoms. The lowest BCUT2D eigenvalue weighted by Crippen LogP contribution is -2.38. The Morgan fingerprint density at radius 1 is 1.14 bits per heavy atom. The number of likely N-dealkylation sites (N-methyl/N-ethyl adjacent to an activating group) is 1. The van der Waals surface area contributed by atoms with Gasteiger partial charge in [-0.3, -0.25) is 9.80 Å². The van der Waals surface area contributed by atoms with Crippen LogP contribution in [0.3, 0.4) is 0 Å². The van der Waals surface area contributed by atoms with Gasteiger partial charge >= 0.3 is 6.18 Å². The van der Waals surface area contributed by atoms with Crippen LogP contribution in [0.15, 0.2) is 42.5 Å². The largest absolute Gasteiger partial charge is 0.493 e. The van der Waals surface area contributed by atoms with Crippen LogP contribution in [0.1, 0.15) is 11.4 Å². The third-order valence-electron chi connectivity index (χ3n) is 6.27. The van der Waals surface area contributed by atoms with Gasteiger partial charge in [0, 0.05) is 32.7 Å². The predicted octanol–water partition coefficient (Wildman–Crippen LogP) is 3.27. The fourth-order valence-corrected chi connectivity index (χ4v) is 4.52. The zero-order valence-electron chi connectivity index (χ0n) is 21.1. The van der Waals surface area contributed by atoms with Crippen LogP contribution in [0.2, 0.25) is 0 Å². The summed E-state index contributed by atoms with van der Waals surface area (Å²) in [6, 6.07) is 12.0. The fraction of sp³-hybridized carbons (Fsp3) is 0.500. The lowest BCUT2D eigenvalue weighted by atomic mass is 10.2. The Labute approximate surface area is 214 Å². The number of imidazole rings is 1. The van der Waals surface area contributed by atoms with Gasteiger partial charge in [-0.15, -0.1) is 0 Å². The maximum Gasteiger partial charge on any atom is 0.449 e. The third-order valence-corrected chi connectivity index (χ3v) is 6.27. The molecule has 1 fully saturated rings. The molecular formula is C26H33F3N4O4. The molecule has 202 valence electrons. The first kappa shape index (κ1) is 27.2. The standard InChI is InChI=1S/C26H33F3N4O4/c1-31(17-20(34)18-33-22-6-4-3-5-21(22)30-25(33)26(27,28)29)16-19-7-8-23(24(15-19)35-2)37-14-11-32-9-12-36-13-10-32/h3-8,15,20,34H,9-14,16-18H2,1-2H3/t20-/m0/s1. The number of morpholine rings is 1. The topological polar surface area (TPSA) is 72.2 Å². The van der Waals surface area contributed by atoms with Crippen molar-refractivity contribution < 1.29 is 32.5 Å². The van der Waals surface area contributed by atoms with E-state index < -0.39 is 18.1 Å². The molecule has 3 aromatic rings. The SMILES string of the molecule is COc1cc(CN(C)C[C@H](O)Cn2c(C(F)(F)F)nc3ccccc32)ccc1OCCN1CCOCC1. The van der Waals surface area contributed by atoms with Crippen LogP contribution in [0.25, 0.3) is 11.0 Å². The summed E-state index contributed by atoms with van der Waals surface area (Å²) in [6.45, 7) is 5.02. The van der Waals surface area contributed by atoms with Crippen LogP contribution < -0.4 is 9.47 Å². The van der Waals surface area contributed by atoms with Gasteiger partial charge in [0.25, 0.3) is 0 Å². The van der Waals surface area contributed by atoms with Crippen molar-refractivity contribution in [2.75, 3.05) is 60.2 Å². The number of benzene rings is 2. The highest BCUT2D eigenvalue weighted by Crippen LogP contribution is 2.32. The molecule has 0 radical (unpaired) electrons. The zero-order chi connectivity index (χ0) is 26.4. The maximum absolute atomic E-state index is 13.6. The molecule has 1 aromatic heterocycles. The smallest absolute Gasteiger partial charge is 0.449 e. The summed E-state index contributed by atoms with van der Waals surface area (Å²) in [4.78, 5) is 7.88. The molecule has 37 heavy (non-hydrogen) atoms. The van der Waals surface area contributed by atoms with Gasteiger partial charge in [0.1, 0.15) is 6.61 Å². The Morgan fingerprint density at radius 3 is 2.62 bits per heavy atom. The summed E-state index contributed by atoms with van der Waals surface area (Å²) in [5.41, 5.74) is 1.51. The Morgan fingerprint density at radius 2 is 1.89 bits per heavy atom. The van der Waals surface area contributed by atoms with E-state index in [9.17, 15) is 18.3 Å². The van der Waals surface area contributed by atoms with Gasteiger partial charge in [-0.25, -0.2) is 4.98 Å². The number of alkyl halides is 3. The second kappa shape index (κ2) is 12.1. The van der Waals surface area contributed by atoms with E-state index in [0.717, 1.165) is 43.0 Å². The minimum atomic E-state index is -4.62. The molecule has 0 saturated carbocycles. The molecule has 11 heteroatoms. The zero-order valence-corrected chi connectivity index (χ0v) is 21.1. The molecule has 0 aliphatic carbocycles. The second-order valence-electron chi connectivity index (χ2n) is 9.17. The van der Waals surface area contributed by atoms with Crippen LogP contribution in [0.5, 0.6) is 11.5 Å². The predicted molar refractivity (Wildman–Crippen MR) is 133 cm³/mol. The van der Waals surface area contributed by atoms with Gasteiger partial charge in [-0.2, -0.15) is 13.2 Å². The maximum atomic E-state index is 13.6. The van der Waals surface area contributed by atoms with E-state index in [1.165, 1.54) is 6.07 Å². The number of aliphatic hydroxyl groups is 1. The number of halogens is 3.